The minimum absolute atomic E-state index is 0. The normalized spacial score (nSPS) is 16.5. The van der Waals surface area contributed by atoms with Crippen LogP contribution in [0.25, 0.3) is 0 Å². The van der Waals surface area contributed by atoms with Crippen molar-refractivity contribution in [2.24, 2.45) is 0 Å². The van der Waals surface area contributed by atoms with Gasteiger partial charge in [0.15, 0.2) is 5.78 Å². The van der Waals surface area contributed by atoms with E-state index in [2.05, 4.69) is 11.8 Å². The van der Waals surface area contributed by atoms with Crippen LogP contribution < -0.4 is 4.74 Å². The van der Waals surface area contributed by atoms with Crippen LogP contribution in [0.4, 0.5) is 0 Å². The van der Waals surface area contributed by atoms with Gasteiger partial charge in [-0.2, -0.15) is 0 Å². The number of hydrogen-bond donors (Lipinski definition) is 0. The molecule has 0 aliphatic carbocycles. The number of ketones is 1. The Morgan fingerprint density at radius 3 is 2.35 bits per heavy atom. The molecule has 0 N–H and O–H groups in total. The van der Waals surface area contributed by atoms with Crippen LogP contribution in [-0.4, -0.2) is 36.9 Å². The highest BCUT2D eigenvalue weighted by Crippen LogP contribution is 2.20. The molecule has 0 saturated carbocycles. The predicted molar refractivity (Wildman–Crippen MR) is 84.1 cm³/mol. The van der Waals surface area contributed by atoms with Gasteiger partial charge in [-0.25, -0.2) is 0 Å². The van der Waals surface area contributed by atoms with Gasteiger partial charge in [-0.3, -0.25) is 9.69 Å². The van der Waals surface area contributed by atoms with E-state index in [1.165, 1.54) is 12.8 Å². The molecule has 4 heteroatoms. The van der Waals surface area contributed by atoms with Crippen molar-refractivity contribution < 1.29 is 9.53 Å². The summed E-state index contributed by atoms with van der Waals surface area (Å²) in [5.74, 6) is 1.05. The lowest BCUT2D eigenvalue weighted by molar-refractivity contribution is 0.0837. The maximum absolute atomic E-state index is 12.6. The average molecular weight is 298 g/mol. The zero-order chi connectivity index (χ0) is 13.7. The highest BCUT2D eigenvalue weighted by molar-refractivity contribution is 6.00. The molecule has 0 amide bonds. The molecule has 0 radical (unpaired) electrons. The molecule has 1 heterocycles. The lowest BCUT2D eigenvalue weighted by atomic mass is 9.99. The van der Waals surface area contributed by atoms with Gasteiger partial charge in [-0.15, -0.1) is 12.4 Å². The number of methoxy groups -OCH3 is 1. The Hall–Kier alpha value is -1.06. The predicted octanol–water partition coefficient (Wildman–Crippen LogP) is 3.56. The van der Waals surface area contributed by atoms with Crippen LogP contribution in [-0.2, 0) is 0 Å². The van der Waals surface area contributed by atoms with Crippen LogP contribution >= 0.6 is 12.4 Å². The van der Waals surface area contributed by atoms with Gasteiger partial charge in [0, 0.05) is 5.56 Å². The van der Waals surface area contributed by atoms with E-state index in [0.29, 0.717) is 0 Å². The molecular weight excluding hydrogens is 274 g/mol. The lowest BCUT2D eigenvalue weighted by Gasteiger charge is -2.26. The molecule has 1 aromatic rings. The number of benzene rings is 1. The number of hydrogen-bond acceptors (Lipinski definition) is 3. The van der Waals surface area contributed by atoms with Crippen molar-refractivity contribution in [2.45, 2.75) is 38.6 Å². The number of Topliss-reactive ketones (excluding diaryl/α,β-unsaturated/α-hetero) is 1. The second-order valence-corrected chi connectivity index (χ2v) is 5.14. The summed E-state index contributed by atoms with van der Waals surface area (Å²) in [7, 11) is 1.64. The molecule has 1 atom stereocenters. The number of rotatable bonds is 6. The summed E-state index contributed by atoms with van der Waals surface area (Å²) in [5.41, 5.74) is 0.797. The third-order valence-corrected chi connectivity index (χ3v) is 3.82. The summed E-state index contributed by atoms with van der Waals surface area (Å²) in [6.45, 7) is 4.27. The van der Waals surface area contributed by atoms with E-state index in [1.807, 2.05) is 24.3 Å². The summed E-state index contributed by atoms with van der Waals surface area (Å²) >= 11 is 0. The monoisotopic (exact) mass is 297 g/mol. The molecule has 1 unspecified atom stereocenters. The first-order valence-corrected chi connectivity index (χ1v) is 7.18. The third kappa shape index (κ3) is 3.97. The van der Waals surface area contributed by atoms with Gasteiger partial charge in [0.05, 0.1) is 13.2 Å². The first-order valence-electron chi connectivity index (χ1n) is 7.18. The molecule has 2 rings (SSSR count). The van der Waals surface area contributed by atoms with Crippen LogP contribution in [0.2, 0.25) is 0 Å². The molecule has 112 valence electrons. The number of halogens is 1. The van der Waals surface area contributed by atoms with E-state index >= 15 is 0 Å². The second kappa shape index (κ2) is 8.28. The highest BCUT2D eigenvalue weighted by atomic mass is 35.5. The largest absolute Gasteiger partial charge is 0.497 e. The van der Waals surface area contributed by atoms with Crippen molar-refractivity contribution in [1.29, 1.82) is 0 Å². The smallest absolute Gasteiger partial charge is 0.179 e. The van der Waals surface area contributed by atoms with Gasteiger partial charge in [-0.05, 0) is 56.6 Å². The molecule has 3 nitrogen and oxygen atoms in total. The summed E-state index contributed by atoms with van der Waals surface area (Å²) in [4.78, 5) is 15.0. The zero-order valence-electron chi connectivity index (χ0n) is 12.3. The number of carbonyl (C=O) groups excluding carboxylic acids is 1. The number of nitrogens with zero attached hydrogens (tertiary/aromatic N) is 1. The fourth-order valence-corrected chi connectivity index (χ4v) is 2.75. The summed E-state index contributed by atoms with van der Waals surface area (Å²) in [6.07, 6.45) is 4.43. The third-order valence-electron chi connectivity index (χ3n) is 3.82. The molecule has 1 fully saturated rings. The Morgan fingerprint density at radius 2 is 1.85 bits per heavy atom. The maximum atomic E-state index is 12.6. The van der Waals surface area contributed by atoms with Gasteiger partial charge in [0.2, 0.25) is 0 Å². The minimum atomic E-state index is 0. The quantitative estimate of drug-likeness (QED) is 0.752. The van der Waals surface area contributed by atoms with E-state index in [9.17, 15) is 4.79 Å². The molecule has 0 aromatic heterocycles. The summed E-state index contributed by atoms with van der Waals surface area (Å²) < 4.78 is 5.13. The standard InChI is InChI=1S/C16H23NO2.ClH/c1-3-6-15(17-11-4-5-12-17)16(18)13-7-9-14(19-2)10-8-13;/h7-10,15H,3-6,11-12H2,1-2H3;1H. The molecular formula is C16H24ClNO2. The molecule has 1 aromatic carbocycles. The summed E-state index contributed by atoms with van der Waals surface area (Å²) in [5, 5.41) is 0. The van der Waals surface area contributed by atoms with Crippen molar-refractivity contribution in [3.05, 3.63) is 29.8 Å². The molecule has 0 spiro atoms. The van der Waals surface area contributed by atoms with Crippen molar-refractivity contribution in [3.8, 4) is 5.75 Å². The van der Waals surface area contributed by atoms with E-state index in [4.69, 9.17) is 4.74 Å². The maximum Gasteiger partial charge on any atom is 0.179 e. The van der Waals surface area contributed by atoms with E-state index in [1.54, 1.807) is 7.11 Å². The highest BCUT2D eigenvalue weighted by Gasteiger charge is 2.27. The van der Waals surface area contributed by atoms with Crippen LogP contribution in [0.15, 0.2) is 24.3 Å². The number of ether oxygens (including phenoxy) is 1. The van der Waals surface area contributed by atoms with E-state index < -0.39 is 0 Å². The fraction of sp³-hybridized carbons (Fsp3) is 0.562. The SMILES string of the molecule is CCCC(C(=O)c1ccc(OC)cc1)N1CCCC1.Cl. The number of likely N-dealkylation sites (tertiary alicyclic amines) is 1. The average Bonchev–Trinajstić information content (AvgIpc) is 2.98. The van der Waals surface area contributed by atoms with Crippen molar-refractivity contribution >= 4 is 18.2 Å². The Kier molecular flexibility index (Phi) is 7.03. The molecule has 0 bridgehead atoms. The Morgan fingerprint density at radius 1 is 1.25 bits per heavy atom. The first kappa shape index (κ1) is 17.0. The lowest BCUT2D eigenvalue weighted by Crippen LogP contribution is -2.39. The van der Waals surface area contributed by atoms with Gasteiger partial charge < -0.3 is 4.74 Å². The Bertz CT molecular complexity index is 413. The fourth-order valence-electron chi connectivity index (χ4n) is 2.75. The van der Waals surface area contributed by atoms with Crippen molar-refractivity contribution in [1.82, 2.24) is 4.90 Å². The van der Waals surface area contributed by atoms with Crippen molar-refractivity contribution in [2.75, 3.05) is 20.2 Å². The van der Waals surface area contributed by atoms with Gasteiger partial charge >= 0.3 is 0 Å². The molecule has 20 heavy (non-hydrogen) atoms. The minimum Gasteiger partial charge on any atom is -0.497 e. The molecule has 1 saturated heterocycles. The molecule has 1 aliphatic heterocycles. The topological polar surface area (TPSA) is 29.5 Å². The first-order chi connectivity index (χ1) is 9.26. The molecule has 1 aliphatic rings. The van der Waals surface area contributed by atoms with Crippen LogP contribution in [0.5, 0.6) is 5.75 Å². The van der Waals surface area contributed by atoms with Gasteiger partial charge in [-0.1, -0.05) is 13.3 Å². The van der Waals surface area contributed by atoms with E-state index in [0.717, 1.165) is 37.2 Å². The van der Waals surface area contributed by atoms with E-state index in [-0.39, 0.29) is 24.2 Å². The Balaban J connectivity index is 0.00000200. The summed E-state index contributed by atoms with van der Waals surface area (Å²) in [6, 6.07) is 7.53. The van der Waals surface area contributed by atoms with Crippen LogP contribution in [0.1, 0.15) is 43.0 Å². The van der Waals surface area contributed by atoms with Crippen molar-refractivity contribution in [3.63, 3.8) is 0 Å². The van der Waals surface area contributed by atoms with Gasteiger partial charge in [0.1, 0.15) is 5.75 Å². The number of carbonyl (C=O) groups is 1. The second-order valence-electron chi connectivity index (χ2n) is 5.14. The Labute approximate surface area is 127 Å². The van der Waals surface area contributed by atoms with Gasteiger partial charge in [0.25, 0.3) is 0 Å². The van der Waals surface area contributed by atoms with Crippen LogP contribution in [0.3, 0.4) is 0 Å². The van der Waals surface area contributed by atoms with Crippen LogP contribution in [0, 0.1) is 0 Å². The zero-order valence-corrected chi connectivity index (χ0v) is 13.1.